The molecule has 0 heterocycles. The predicted octanol–water partition coefficient (Wildman–Crippen LogP) is 5.44. The van der Waals surface area contributed by atoms with Crippen LogP contribution >= 0.6 is 15.9 Å². The Bertz CT molecular complexity index is 1440. The first-order valence-corrected chi connectivity index (χ1v) is 15.9. The van der Waals surface area contributed by atoms with E-state index in [4.69, 9.17) is 4.74 Å². The van der Waals surface area contributed by atoms with Gasteiger partial charge in [-0.2, -0.15) is 0 Å². The third-order valence-electron chi connectivity index (χ3n) is 7.38. The number of rotatable bonds is 11. The van der Waals surface area contributed by atoms with Crippen LogP contribution < -0.4 is 14.4 Å². The number of anilines is 1. The second-order valence-corrected chi connectivity index (χ2v) is 13.1. The number of carbonyl (C=O) groups is 2. The van der Waals surface area contributed by atoms with Crippen molar-refractivity contribution in [3.05, 3.63) is 88.4 Å². The van der Waals surface area contributed by atoms with Gasteiger partial charge >= 0.3 is 0 Å². The SMILES string of the molecule is COc1ccc(CN(C(=O)CN(c2ccc(Br)cc2)S(=O)(=O)c2ccc(C)cc2)[C@H](C)C(=O)NC2CCCC2)cc1. The van der Waals surface area contributed by atoms with E-state index in [-0.39, 0.29) is 23.4 Å². The fraction of sp³-hybridized carbons (Fsp3) is 0.355. The average Bonchev–Trinajstić information content (AvgIpc) is 3.48. The van der Waals surface area contributed by atoms with Crippen molar-refractivity contribution in [2.75, 3.05) is 18.0 Å². The van der Waals surface area contributed by atoms with E-state index >= 15 is 0 Å². The van der Waals surface area contributed by atoms with Gasteiger partial charge in [0.15, 0.2) is 0 Å². The van der Waals surface area contributed by atoms with Crippen LogP contribution in [-0.4, -0.2) is 50.9 Å². The van der Waals surface area contributed by atoms with E-state index in [0.717, 1.165) is 45.6 Å². The minimum absolute atomic E-state index is 0.0764. The molecule has 0 unspecified atom stereocenters. The van der Waals surface area contributed by atoms with Gasteiger partial charge < -0.3 is 15.0 Å². The first-order chi connectivity index (χ1) is 19.6. The van der Waals surface area contributed by atoms with E-state index in [1.54, 1.807) is 62.6 Å². The van der Waals surface area contributed by atoms with Crippen LogP contribution in [0.4, 0.5) is 5.69 Å². The Morgan fingerprint density at radius 2 is 1.59 bits per heavy atom. The van der Waals surface area contributed by atoms with Gasteiger partial charge in [-0.05, 0) is 80.8 Å². The molecule has 3 aromatic rings. The van der Waals surface area contributed by atoms with E-state index < -0.39 is 28.5 Å². The third kappa shape index (κ3) is 7.68. The summed E-state index contributed by atoms with van der Waals surface area (Å²) in [4.78, 5) is 28.9. The van der Waals surface area contributed by atoms with E-state index in [2.05, 4.69) is 21.2 Å². The first kappa shape index (κ1) is 30.6. The number of benzene rings is 3. The lowest BCUT2D eigenvalue weighted by atomic mass is 10.1. The fourth-order valence-corrected chi connectivity index (χ4v) is 6.55. The van der Waals surface area contributed by atoms with Crippen LogP contribution in [0.5, 0.6) is 5.75 Å². The van der Waals surface area contributed by atoms with Crippen molar-refractivity contribution >= 4 is 43.5 Å². The van der Waals surface area contributed by atoms with Crippen molar-refractivity contribution in [1.82, 2.24) is 10.2 Å². The lowest BCUT2D eigenvalue weighted by Gasteiger charge is -2.32. The molecule has 0 spiro atoms. The van der Waals surface area contributed by atoms with Gasteiger partial charge in [0.2, 0.25) is 11.8 Å². The van der Waals surface area contributed by atoms with Crippen molar-refractivity contribution < 1.29 is 22.7 Å². The molecule has 1 saturated carbocycles. The van der Waals surface area contributed by atoms with Gasteiger partial charge in [0.25, 0.3) is 10.0 Å². The van der Waals surface area contributed by atoms with Gasteiger partial charge in [0.05, 0.1) is 17.7 Å². The predicted molar refractivity (Wildman–Crippen MR) is 163 cm³/mol. The number of amides is 2. The maximum Gasteiger partial charge on any atom is 0.264 e. The smallest absolute Gasteiger partial charge is 0.264 e. The van der Waals surface area contributed by atoms with Crippen LogP contribution in [0.15, 0.2) is 82.2 Å². The Hall–Kier alpha value is -3.37. The molecule has 0 radical (unpaired) electrons. The number of carbonyl (C=O) groups excluding carboxylic acids is 2. The number of hydrogen-bond donors (Lipinski definition) is 1. The standard InChI is InChI=1S/C31H36BrN3O5S/c1-22-8-18-29(19-9-22)41(38,39)35(27-14-12-25(32)13-15-27)21-30(36)34(20-24-10-16-28(40-3)17-11-24)23(2)31(37)33-26-6-4-5-7-26/h8-19,23,26H,4-7,20-21H2,1-3H3,(H,33,37)/t23-/m1/s1. The average molecular weight is 643 g/mol. The van der Waals surface area contributed by atoms with Crippen LogP contribution in [-0.2, 0) is 26.2 Å². The summed E-state index contributed by atoms with van der Waals surface area (Å²) in [5.41, 5.74) is 2.05. The van der Waals surface area contributed by atoms with Gasteiger partial charge in [-0.1, -0.05) is 58.6 Å². The normalized spacial score (nSPS) is 14.3. The van der Waals surface area contributed by atoms with Crippen molar-refractivity contribution in [2.24, 2.45) is 0 Å². The molecule has 3 aromatic carbocycles. The largest absolute Gasteiger partial charge is 0.497 e. The maximum absolute atomic E-state index is 14.0. The zero-order valence-electron chi connectivity index (χ0n) is 23.5. The summed E-state index contributed by atoms with van der Waals surface area (Å²) in [7, 11) is -2.53. The van der Waals surface area contributed by atoms with Gasteiger partial charge in [-0.15, -0.1) is 0 Å². The molecule has 2 amide bonds. The summed E-state index contributed by atoms with van der Waals surface area (Å²) in [5.74, 6) is -0.0758. The quantitative estimate of drug-likeness (QED) is 0.301. The lowest BCUT2D eigenvalue weighted by molar-refractivity contribution is -0.139. The molecule has 1 N–H and O–H groups in total. The molecule has 1 aliphatic carbocycles. The number of nitrogens with one attached hydrogen (secondary N) is 1. The topological polar surface area (TPSA) is 96.0 Å². The minimum Gasteiger partial charge on any atom is -0.497 e. The molecular weight excluding hydrogens is 606 g/mol. The van der Waals surface area contributed by atoms with Crippen molar-refractivity contribution in [3.63, 3.8) is 0 Å². The van der Waals surface area contributed by atoms with Crippen LogP contribution in [0.2, 0.25) is 0 Å². The fourth-order valence-electron chi connectivity index (χ4n) is 4.88. The van der Waals surface area contributed by atoms with Gasteiger partial charge in [-0.25, -0.2) is 8.42 Å². The van der Waals surface area contributed by atoms with Gasteiger partial charge in [0.1, 0.15) is 18.3 Å². The van der Waals surface area contributed by atoms with Crippen molar-refractivity contribution in [3.8, 4) is 5.75 Å². The second-order valence-electron chi connectivity index (χ2n) is 10.3. The van der Waals surface area contributed by atoms with E-state index in [9.17, 15) is 18.0 Å². The summed E-state index contributed by atoms with van der Waals surface area (Å²) in [6.45, 7) is 3.21. The third-order valence-corrected chi connectivity index (χ3v) is 9.70. The number of hydrogen-bond acceptors (Lipinski definition) is 5. The number of nitrogens with zero attached hydrogens (tertiary/aromatic N) is 2. The zero-order valence-corrected chi connectivity index (χ0v) is 25.9. The number of sulfonamides is 1. The second kappa shape index (κ2) is 13.5. The molecule has 1 atom stereocenters. The molecule has 1 fully saturated rings. The number of methoxy groups -OCH3 is 1. The van der Waals surface area contributed by atoms with Crippen molar-refractivity contribution in [2.45, 2.75) is 63.1 Å². The Morgan fingerprint density at radius 1 is 0.976 bits per heavy atom. The highest BCUT2D eigenvalue weighted by atomic mass is 79.9. The van der Waals surface area contributed by atoms with Crippen LogP contribution in [0.25, 0.3) is 0 Å². The highest BCUT2D eigenvalue weighted by Crippen LogP contribution is 2.27. The number of halogens is 1. The van der Waals surface area contributed by atoms with Gasteiger partial charge in [-0.3, -0.25) is 13.9 Å². The summed E-state index contributed by atoms with van der Waals surface area (Å²) < 4.78 is 34.9. The van der Waals surface area contributed by atoms with E-state index in [0.29, 0.717) is 11.4 Å². The van der Waals surface area contributed by atoms with Crippen LogP contribution in [0.1, 0.15) is 43.7 Å². The summed E-state index contributed by atoms with van der Waals surface area (Å²) in [6, 6.07) is 19.8. The molecule has 218 valence electrons. The lowest BCUT2D eigenvalue weighted by Crippen LogP contribution is -2.52. The molecule has 8 nitrogen and oxygen atoms in total. The summed E-state index contributed by atoms with van der Waals surface area (Å²) in [6.07, 6.45) is 3.95. The molecule has 10 heteroatoms. The van der Waals surface area contributed by atoms with Crippen molar-refractivity contribution in [1.29, 1.82) is 0 Å². The molecule has 41 heavy (non-hydrogen) atoms. The van der Waals surface area contributed by atoms with Crippen LogP contribution in [0.3, 0.4) is 0 Å². The van der Waals surface area contributed by atoms with E-state index in [1.807, 2.05) is 19.1 Å². The number of aryl methyl sites for hydroxylation is 1. The minimum atomic E-state index is -4.11. The van der Waals surface area contributed by atoms with Gasteiger partial charge in [0, 0.05) is 17.1 Å². The molecular formula is C31H36BrN3O5S. The Labute approximate surface area is 250 Å². The number of ether oxygens (including phenoxy) is 1. The van der Waals surface area contributed by atoms with E-state index in [1.165, 1.54) is 17.0 Å². The Morgan fingerprint density at radius 3 is 2.17 bits per heavy atom. The van der Waals surface area contributed by atoms with Crippen LogP contribution in [0, 0.1) is 6.92 Å². The maximum atomic E-state index is 14.0. The zero-order chi connectivity index (χ0) is 29.6. The molecule has 0 saturated heterocycles. The highest BCUT2D eigenvalue weighted by molar-refractivity contribution is 9.10. The molecule has 4 rings (SSSR count). The molecule has 0 aliphatic heterocycles. The Balaban J connectivity index is 1.67. The summed E-state index contributed by atoms with van der Waals surface area (Å²) in [5, 5.41) is 3.08. The monoisotopic (exact) mass is 641 g/mol. The molecule has 0 aromatic heterocycles. The highest BCUT2D eigenvalue weighted by Gasteiger charge is 2.33. The molecule has 1 aliphatic rings. The summed E-state index contributed by atoms with van der Waals surface area (Å²) >= 11 is 3.39. The Kier molecular flexibility index (Phi) is 10.1. The first-order valence-electron chi connectivity index (χ1n) is 13.7. The molecule has 0 bridgehead atoms.